The highest BCUT2D eigenvalue weighted by Gasteiger charge is 2.07. The van der Waals surface area contributed by atoms with E-state index >= 15 is 0 Å². The molecule has 0 saturated heterocycles. The molecule has 0 unspecified atom stereocenters. The van der Waals surface area contributed by atoms with Crippen molar-refractivity contribution in [1.29, 1.82) is 0 Å². The summed E-state index contributed by atoms with van der Waals surface area (Å²) < 4.78 is 5.30. The van der Waals surface area contributed by atoms with E-state index in [-0.39, 0.29) is 5.97 Å². The van der Waals surface area contributed by atoms with Crippen molar-refractivity contribution in [2.75, 3.05) is 12.3 Å². The van der Waals surface area contributed by atoms with Gasteiger partial charge in [-0.05, 0) is 31.0 Å². The summed E-state index contributed by atoms with van der Waals surface area (Å²) in [6.45, 7) is 4.68. The van der Waals surface area contributed by atoms with Crippen molar-refractivity contribution in [3.8, 4) is 0 Å². The lowest BCUT2D eigenvalue weighted by atomic mass is 10.1. The fourth-order valence-electron chi connectivity index (χ4n) is 2.61. The number of anilines is 1. The Hall–Kier alpha value is -1.51. The molecule has 0 saturated carbocycles. The van der Waals surface area contributed by atoms with Gasteiger partial charge in [0.2, 0.25) is 0 Å². The van der Waals surface area contributed by atoms with E-state index in [1.165, 1.54) is 51.4 Å². The second kappa shape index (κ2) is 12.0. The highest BCUT2D eigenvalue weighted by molar-refractivity contribution is 5.90. The Balaban J connectivity index is 2.00. The van der Waals surface area contributed by atoms with Crippen LogP contribution in [0.25, 0.3) is 0 Å². The number of aryl methyl sites for hydroxylation is 1. The number of unbranched alkanes of at least 4 members (excludes halogenated alkanes) is 9. The van der Waals surface area contributed by atoms with E-state index in [0.717, 1.165) is 18.4 Å². The van der Waals surface area contributed by atoms with E-state index in [2.05, 4.69) is 6.92 Å². The smallest absolute Gasteiger partial charge is 0.338 e. The summed E-state index contributed by atoms with van der Waals surface area (Å²) in [5, 5.41) is 0. The summed E-state index contributed by atoms with van der Waals surface area (Å²) in [7, 11) is 0. The number of esters is 1. The summed E-state index contributed by atoms with van der Waals surface area (Å²) in [5.74, 6) is -0.271. The first-order valence-electron chi connectivity index (χ1n) is 9.18. The predicted octanol–water partition coefficient (Wildman–Crippen LogP) is 5.65. The number of ether oxygens (including phenoxy) is 1. The molecular weight excluding hydrogens is 286 g/mol. The summed E-state index contributed by atoms with van der Waals surface area (Å²) in [5.41, 5.74) is 7.97. The highest BCUT2D eigenvalue weighted by Crippen LogP contribution is 2.14. The van der Waals surface area contributed by atoms with Crippen molar-refractivity contribution < 1.29 is 9.53 Å². The van der Waals surface area contributed by atoms with Crippen LogP contribution in [0.5, 0.6) is 0 Å². The maximum atomic E-state index is 11.9. The molecule has 1 aromatic rings. The first-order valence-corrected chi connectivity index (χ1v) is 9.18. The van der Waals surface area contributed by atoms with Gasteiger partial charge in [-0.1, -0.05) is 70.8 Å². The number of carbonyl (C=O) groups excluding carboxylic acids is 1. The predicted molar refractivity (Wildman–Crippen MR) is 97.7 cm³/mol. The van der Waals surface area contributed by atoms with Crippen LogP contribution in [0.1, 0.15) is 87.1 Å². The molecule has 0 bridgehead atoms. The van der Waals surface area contributed by atoms with Gasteiger partial charge in [-0.15, -0.1) is 0 Å². The first-order chi connectivity index (χ1) is 11.1. The van der Waals surface area contributed by atoms with Crippen LogP contribution in [-0.4, -0.2) is 12.6 Å². The summed E-state index contributed by atoms with van der Waals surface area (Å²) >= 11 is 0. The van der Waals surface area contributed by atoms with Crippen molar-refractivity contribution >= 4 is 11.7 Å². The molecule has 0 heterocycles. The summed E-state index contributed by atoms with van der Waals surface area (Å²) in [6.07, 6.45) is 12.8. The van der Waals surface area contributed by atoms with Crippen molar-refractivity contribution in [3.05, 3.63) is 29.3 Å². The molecule has 2 N–H and O–H groups in total. The standard InChI is InChI=1S/C20H33NO2/c1-3-4-5-6-7-8-9-10-11-12-15-23-20(22)18-14-13-17(2)19(21)16-18/h13-14,16H,3-12,15,21H2,1-2H3. The lowest BCUT2D eigenvalue weighted by molar-refractivity contribution is 0.0497. The Labute approximate surface area is 141 Å². The number of nitrogens with two attached hydrogens (primary N) is 1. The average Bonchev–Trinajstić information content (AvgIpc) is 2.55. The largest absolute Gasteiger partial charge is 0.462 e. The van der Waals surface area contributed by atoms with Crippen LogP contribution >= 0.6 is 0 Å². The Bertz CT molecular complexity index is 457. The number of rotatable bonds is 12. The van der Waals surface area contributed by atoms with Crippen LogP contribution in [0.3, 0.4) is 0 Å². The maximum absolute atomic E-state index is 11.9. The molecule has 130 valence electrons. The summed E-state index contributed by atoms with van der Waals surface area (Å²) in [4.78, 5) is 11.9. The number of hydrogen-bond donors (Lipinski definition) is 1. The van der Waals surface area contributed by atoms with Gasteiger partial charge in [-0.3, -0.25) is 0 Å². The Morgan fingerprint density at radius 2 is 1.52 bits per heavy atom. The topological polar surface area (TPSA) is 52.3 Å². The van der Waals surface area contributed by atoms with Gasteiger partial charge < -0.3 is 10.5 Å². The maximum Gasteiger partial charge on any atom is 0.338 e. The van der Waals surface area contributed by atoms with Gasteiger partial charge in [-0.2, -0.15) is 0 Å². The van der Waals surface area contributed by atoms with Crippen molar-refractivity contribution in [1.82, 2.24) is 0 Å². The second-order valence-corrected chi connectivity index (χ2v) is 6.39. The molecule has 3 heteroatoms. The number of hydrogen-bond acceptors (Lipinski definition) is 3. The van der Waals surface area contributed by atoms with Gasteiger partial charge in [0, 0.05) is 5.69 Å². The fraction of sp³-hybridized carbons (Fsp3) is 0.650. The third-order valence-electron chi connectivity index (χ3n) is 4.25. The van der Waals surface area contributed by atoms with Crippen LogP contribution < -0.4 is 5.73 Å². The number of nitrogen functional groups attached to an aromatic ring is 1. The van der Waals surface area contributed by atoms with Crippen LogP contribution in [-0.2, 0) is 4.74 Å². The minimum Gasteiger partial charge on any atom is -0.462 e. The molecule has 23 heavy (non-hydrogen) atoms. The van der Waals surface area contributed by atoms with Gasteiger partial charge in [0.25, 0.3) is 0 Å². The molecule has 0 aromatic heterocycles. The third kappa shape index (κ3) is 8.63. The Kier molecular flexibility index (Phi) is 10.2. The van der Waals surface area contributed by atoms with Crippen molar-refractivity contribution in [2.45, 2.75) is 78.1 Å². The monoisotopic (exact) mass is 319 g/mol. The van der Waals surface area contributed by atoms with Gasteiger partial charge in [0.1, 0.15) is 0 Å². The first kappa shape index (κ1) is 19.5. The van der Waals surface area contributed by atoms with E-state index in [4.69, 9.17) is 10.5 Å². The van der Waals surface area contributed by atoms with Crippen molar-refractivity contribution in [3.63, 3.8) is 0 Å². The molecule has 0 aliphatic rings. The zero-order valence-corrected chi connectivity index (χ0v) is 14.9. The van der Waals surface area contributed by atoms with E-state index in [1.54, 1.807) is 12.1 Å². The Morgan fingerprint density at radius 3 is 2.09 bits per heavy atom. The van der Waals surface area contributed by atoms with Crippen LogP contribution in [0.2, 0.25) is 0 Å². The molecule has 0 fully saturated rings. The van der Waals surface area contributed by atoms with E-state index in [1.807, 2.05) is 13.0 Å². The molecular formula is C20H33NO2. The summed E-state index contributed by atoms with van der Waals surface area (Å²) in [6, 6.07) is 5.31. The van der Waals surface area contributed by atoms with Crippen LogP contribution in [0, 0.1) is 6.92 Å². The van der Waals surface area contributed by atoms with E-state index in [0.29, 0.717) is 17.9 Å². The molecule has 1 aromatic carbocycles. The third-order valence-corrected chi connectivity index (χ3v) is 4.25. The molecule has 3 nitrogen and oxygen atoms in total. The minimum absolute atomic E-state index is 0.271. The zero-order chi connectivity index (χ0) is 16.9. The van der Waals surface area contributed by atoms with Gasteiger partial charge >= 0.3 is 5.97 Å². The zero-order valence-electron chi connectivity index (χ0n) is 14.9. The van der Waals surface area contributed by atoms with Gasteiger partial charge in [0.05, 0.1) is 12.2 Å². The SMILES string of the molecule is CCCCCCCCCCCCOC(=O)c1ccc(C)c(N)c1. The molecule has 0 amide bonds. The molecule has 0 radical (unpaired) electrons. The average molecular weight is 319 g/mol. The lowest BCUT2D eigenvalue weighted by Crippen LogP contribution is -2.07. The Morgan fingerprint density at radius 1 is 0.957 bits per heavy atom. The van der Waals surface area contributed by atoms with E-state index < -0.39 is 0 Å². The van der Waals surface area contributed by atoms with Crippen LogP contribution in [0.15, 0.2) is 18.2 Å². The normalized spacial score (nSPS) is 10.7. The minimum atomic E-state index is -0.271. The van der Waals surface area contributed by atoms with E-state index in [9.17, 15) is 4.79 Å². The highest BCUT2D eigenvalue weighted by atomic mass is 16.5. The molecule has 0 aliphatic carbocycles. The molecule has 0 atom stereocenters. The van der Waals surface area contributed by atoms with Gasteiger partial charge in [0.15, 0.2) is 0 Å². The van der Waals surface area contributed by atoms with Crippen molar-refractivity contribution in [2.24, 2.45) is 0 Å². The lowest BCUT2D eigenvalue weighted by Gasteiger charge is -2.07. The molecule has 1 rings (SSSR count). The number of carbonyl (C=O) groups is 1. The van der Waals surface area contributed by atoms with Crippen LogP contribution in [0.4, 0.5) is 5.69 Å². The second-order valence-electron chi connectivity index (χ2n) is 6.39. The quantitative estimate of drug-likeness (QED) is 0.307. The molecule has 0 spiro atoms. The van der Waals surface area contributed by atoms with Gasteiger partial charge in [-0.25, -0.2) is 4.79 Å². The molecule has 0 aliphatic heterocycles. The fourth-order valence-corrected chi connectivity index (χ4v) is 2.61. The number of benzene rings is 1.